The summed E-state index contributed by atoms with van der Waals surface area (Å²) in [5, 5.41) is 3.07. The first-order chi connectivity index (χ1) is 8.69. The van der Waals surface area contributed by atoms with Gasteiger partial charge in [-0.15, -0.1) is 0 Å². The fourth-order valence-electron chi connectivity index (χ4n) is 2.77. The van der Waals surface area contributed by atoms with Crippen molar-refractivity contribution in [2.75, 3.05) is 13.2 Å². The fourth-order valence-corrected chi connectivity index (χ4v) is 2.77. The van der Waals surface area contributed by atoms with Gasteiger partial charge in [0.15, 0.2) is 0 Å². The molecule has 2 unspecified atom stereocenters. The van der Waals surface area contributed by atoms with Gasteiger partial charge in [-0.1, -0.05) is 24.3 Å². The van der Waals surface area contributed by atoms with Crippen LogP contribution >= 0.6 is 0 Å². The summed E-state index contributed by atoms with van der Waals surface area (Å²) < 4.78 is 5.23. The molecule has 1 aliphatic heterocycles. The van der Waals surface area contributed by atoms with Gasteiger partial charge in [-0.2, -0.15) is 0 Å². The van der Waals surface area contributed by atoms with Crippen molar-refractivity contribution in [3.63, 3.8) is 0 Å². The quantitative estimate of drug-likeness (QED) is 0.815. The summed E-state index contributed by atoms with van der Waals surface area (Å²) in [5.74, 6) is -0.0818. The molecule has 4 heteroatoms. The van der Waals surface area contributed by atoms with Gasteiger partial charge in [-0.05, 0) is 30.4 Å². The Bertz CT molecular complexity index is 467. The summed E-state index contributed by atoms with van der Waals surface area (Å²) in [6, 6.07) is 8.37. The number of nitrogens with two attached hydrogens (primary N) is 1. The van der Waals surface area contributed by atoms with E-state index >= 15 is 0 Å². The lowest BCUT2D eigenvalue weighted by atomic mass is 9.98. The number of rotatable bonds is 2. The molecule has 1 fully saturated rings. The van der Waals surface area contributed by atoms with Crippen LogP contribution in [-0.2, 0) is 16.0 Å². The van der Waals surface area contributed by atoms with Gasteiger partial charge in [0.1, 0.15) is 5.54 Å². The van der Waals surface area contributed by atoms with E-state index in [-0.39, 0.29) is 11.9 Å². The van der Waals surface area contributed by atoms with Crippen LogP contribution in [0.25, 0.3) is 0 Å². The molecule has 0 radical (unpaired) electrons. The van der Waals surface area contributed by atoms with Crippen molar-refractivity contribution in [1.29, 1.82) is 0 Å². The van der Waals surface area contributed by atoms with Crippen LogP contribution in [0.15, 0.2) is 24.3 Å². The van der Waals surface area contributed by atoms with E-state index in [0.717, 1.165) is 12.8 Å². The van der Waals surface area contributed by atoms with Gasteiger partial charge >= 0.3 is 0 Å². The maximum atomic E-state index is 12.2. The van der Waals surface area contributed by atoms with Crippen molar-refractivity contribution >= 4 is 5.91 Å². The first kappa shape index (κ1) is 11.7. The standard InChI is InChI=1S/C14H18N2O2/c15-14(7-8-18-9-14)13(17)16-12-6-5-10-3-1-2-4-11(10)12/h1-4,12H,5-9,15H2,(H,16,17). The van der Waals surface area contributed by atoms with Crippen LogP contribution in [0.2, 0.25) is 0 Å². The van der Waals surface area contributed by atoms with E-state index in [2.05, 4.69) is 17.4 Å². The third kappa shape index (κ3) is 1.91. The first-order valence-electron chi connectivity index (χ1n) is 6.44. The largest absolute Gasteiger partial charge is 0.379 e. The predicted octanol–water partition coefficient (Wildman–Crippen LogP) is 0.908. The van der Waals surface area contributed by atoms with E-state index in [1.54, 1.807) is 0 Å². The van der Waals surface area contributed by atoms with Crippen molar-refractivity contribution < 1.29 is 9.53 Å². The molecule has 1 aliphatic carbocycles. The zero-order chi connectivity index (χ0) is 12.6. The number of carbonyl (C=O) groups is 1. The lowest BCUT2D eigenvalue weighted by molar-refractivity contribution is -0.127. The van der Waals surface area contributed by atoms with Gasteiger partial charge in [0.2, 0.25) is 5.91 Å². The second-order valence-corrected chi connectivity index (χ2v) is 5.22. The van der Waals surface area contributed by atoms with Crippen LogP contribution < -0.4 is 11.1 Å². The SMILES string of the molecule is NC1(C(=O)NC2CCc3ccccc32)CCOC1. The summed E-state index contributed by atoms with van der Waals surface area (Å²) in [6.07, 6.45) is 2.59. The molecule has 1 aromatic carbocycles. The van der Waals surface area contributed by atoms with Gasteiger partial charge in [0.05, 0.1) is 12.6 Å². The molecule has 1 amide bonds. The molecule has 18 heavy (non-hydrogen) atoms. The molecule has 2 atom stereocenters. The third-order valence-electron chi connectivity index (χ3n) is 3.94. The molecule has 1 saturated heterocycles. The van der Waals surface area contributed by atoms with Gasteiger partial charge in [-0.25, -0.2) is 0 Å². The number of carbonyl (C=O) groups excluding carboxylic acids is 1. The average molecular weight is 246 g/mol. The Kier molecular flexibility index (Phi) is 2.84. The van der Waals surface area contributed by atoms with Crippen LogP contribution in [0.4, 0.5) is 0 Å². The Morgan fingerprint density at radius 1 is 1.44 bits per heavy atom. The number of hydrogen-bond donors (Lipinski definition) is 2. The average Bonchev–Trinajstić information content (AvgIpc) is 2.98. The number of nitrogens with one attached hydrogen (secondary N) is 1. The highest BCUT2D eigenvalue weighted by Crippen LogP contribution is 2.31. The Balaban J connectivity index is 1.73. The normalized spacial score (nSPS) is 30.2. The van der Waals surface area contributed by atoms with Crippen molar-refractivity contribution in [2.24, 2.45) is 5.73 Å². The fraction of sp³-hybridized carbons (Fsp3) is 0.500. The van der Waals surface area contributed by atoms with E-state index in [1.807, 2.05) is 12.1 Å². The van der Waals surface area contributed by atoms with Crippen LogP contribution in [0, 0.1) is 0 Å². The first-order valence-corrected chi connectivity index (χ1v) is 6.44. The minimum Gasteiger partial charge on any atom is -0.379 e. The number of hydrogen-bond acceptors (Lipinski definition) is 3. The lowest BCUT2D eigenvalue weighted by Gasteiger charge is -2.24. The molecule has 0 aromatic heterocycles. The van der Waals surface area contributed by atoms with Gasteiger partial charge < -0.3 is 15.8 Å². The van der Waals surface area contributed by atoms with Crippen molar-refractivity contribution in [3.05, 3.63) is 35.4 Å². The maximum Gasteiger partial charge on any atom is 0.243 e. The Morgan fingerprint density at radius 2 is 2.28 bits per heavy atom. The van der Waals surface area contributed by atoms with E-state index in [1.165, 1.54) is 11.1 Å². The minimum absolute atomic E-state index is 0.0818. The summed E-state index contributed by atoms with van der Waals surface area (Å²) >= 11 is 0. The highest BCUT2D eigenvalue weighted by molar-refractivity contribution is 5.87. The van der Waals surface area contributed by atoms with E-state index < -0.39 is 5.54 Å². The van der Waals surface area contributed by atoms with Gasteiger partial charge in [0.25, 0.3) is 0 Å². The zero-order valence-corrected chi connectivity index (χ0v) is 10.3. The molecule has 2 aliphatic rings. The smallest absolute Gasteiger partial charge is 0.243 e. The molecular weight excluding hydrogens is 228 g/mol. The van der Waals surface area contributed by atoms with Crippen molar-refractivity contribution in [2.45, 2.75) is 30.8 Å². The monoisotopic (exact) mass is 246 g/mol. The summed E-state index contributed by atoms with van der Waals surface area (Å²) in [7, 11) is 0. The molecule has 96 valence electrons. The highest BCUT2D eigenvalue weighted by Gasteiger charge is 2.39. The number of benzene rings is 1. The minimum atomic E-state index is -0.836. The second-order valence-electron chi connectivity index (χ2n) is 5.22. The number of ether oxygens (including phenoxy) is 1. The van der Waals surface area contributed by atoms with Crippen molar-refractivity contribution in [3.8, 4) is 0 Å². The zero-order valence-electron chi connectivity index (χ0n) is 10.3. The van der Waals surface area contributed by atoms with Gasteiger partial charge in [0, 0.05) is 6.61 Å². The van der Waals surface area contributed by atoms with E-state index in [9.17, 15) is 4.79 Å². The molecule has 0 spiro atoms. The highest BCUT2D eigenvalue weighted by atomic mass is 16.5. The summed E-state index contributed by atoms with van der Waals surface area (Å²) in [6.45, 7) is 0.901. The summed E-state index contributed by atoms with van der Waals surface area (Å²) in [4.78, 5) is 12.2. The Morgan fingerprint density at radius 3 is 3.06 bits per heavy atom. The van der Waals surface area contributed by atoms with Crippen LogP contribution in [-0.4, -0.2) is 24.7 Å². The van der Waals surface area contributed by atoms with Crippen molar-refractivity contribution in [1.82, 2.24) is 5.32 Å². The Labute approximate surface area is 107 Å². The molecule has 4 nitrogen and oxygen atoms in total. The topological polar surface area (TPSA) is 64.4 Å². The molecule has 3 rings (SSSR count). The maximum absolute atomic E-state index is 12.2. The second kappa shape index (κ2) is 4.37. The van der Waals surface area contributed by atoms with Crippen LogP contribution in [0.5, 0.6) is 0 Å². The lowest BCUT2D eigenvalue weighted by Crippen LogP contribution is -2.55. The number of aryl methyl sites for hydroxylation is 1. The third-order valence-corrected chi connectivity index (χ3v) is 3.94. The molecule has 1 heterocycles. The molecular formula is C14H18N2O2. The molecule has 0 bridgehead atoms. The van der Waals surface area contributed by atoms with Crippen LogP contribution in [0.3, 0.4) is 0 Å². The molecule has 3 N–H and O–H groups in total. The summed E-state index contributed by atoms with van der Waals surface area (Å²) in [5.41, 5.74) is 7.79. The Hall–Kier alpha value is -1.39. The molecule has 1 aromatic rings. The van der Waals surface area contributed by atoms with Gasteiger partial charge in [-0.3, -0.25) is 4.79 Å². The van der Waals surface area contributed by atoms with E-state index in [4.69, 9.17) is 10.5 Å². The molecule has 0 saturated carbocycles. The number of amides is 1. The van der Waals surface area contributed by atoms with E-state index in [0.29, 0.717) is 19.6 Å². The van der Waals surface area contributed by atoms with Crippen LogP contribution in [0.1, 0.15) is 30.0 Å². The predicted molar refractivity (Wildman–Crippen MR) is 68.0 cm³/mol. The number of fused-ring (bicyclic) bond motifs is 1.